The van der Waals surface area contributed by atoms with Crippen molar-refractivity contribution in [1.82, 2.24) is 0 Å². The van der Waals surface area contributed by atoms with E-state index in [4.69, 9.17) is 11.6 Å². The molecule has 1 aromatic heterocycles. The van der Waals surface area contributed by atoms with E-state index in [1.165, 1.54) is 12.0 Å². The number of halogens is 1. The number of ether oxygens (including phenoxy) is 1. The van der Waals surface area contributed by atoms with Crippen molar-refractivity contribution >= 4 is 28.9 Å². The van der Waals surface area contributed by atoms with Gasteiger partial charge >= 0.3 is 5.97 Å². The fraction of sp³-hybridized carbons (Fsp3) is 0.444. The summed E-state index contributed by atoms with van der Waals surface area (Å²) in [7, 11) is 1.40. The van der Waals surface area contributed by atoms with E-state index in [-0.39, 0.29) is 5.97 Å². The van der Waals surface area contributed by atoms with Gasteiger partial charge in [-0.15, -0.1) is 22.9 Å². The molecular weight excluding hydrogens is 208 g/mol. The van der Waals surface area contributed by atoms with Crippen molar-refractivity contribution < 1.29 is 9.53 Å². The van der Waals surface area contributed by atoms with Crippen molar-refractivity contribution in [2.45, 2.75) is 18.7 Å². The van der Waals surface area contributed by atoms with Crippen LogP contribution in [0.25, 0.3) is 0 Å². The summed E-state index contributed by atoms with van der Waals surface area (Å²) in [6.45, 7) is 0. The largest absolute Gasteiger partial charge is 0.469 e. The molecule has 0 aliphatic heterocycles. The number of hydrogen-bond donors (Lipinski definition) is 0. The smallest absolute Gasteiger partial charge is 0.305 e. The van der Waals surface area contributed by atoms with Gasteiger partial charge in [-0.1, -0.05) is 0 Å². The van der Waals surface area contributed by atoms with Gasteiger partial charge in [0.15, 0.2) is 0 Å². The first-order valence-corrected chi connectivity index (χ1v) is 5.31. The molecule has 0 saturated carbocycles. The number of hydrogen-bond acceptors (Lipinski definition) is 3. The van der Waals surface area contributed by atoms with E-state index >= 15 is 0 Å². The maximum Gasteiger partial charge on any atom is 0.305 e. The molecule has 0 amide bonds. The Labute approximate surface area is 86.5 Å². The van der Waals surface area contributed by atoms with Gasteiger partial charge in [-0.3, -0.25) is 4.79 Å². The molecule has 0 aliphatic rings. The lowest BCUT2D eigenvalue weighted by Gasteiger charge is -1.95. The van der Waals surface area contributed by atoms with Crippen molar-refractivity contribution in [2.75, 3.05) is 7.11 Å². The second-order valence-corrected chi connectivity index (χ2v) is 4.10. The topological polar surface area (TPSA) is 26.3 Å². The van der Waals surface area contributed by atoms with Crippen LogP contribution >= 0.6 is 22.9 Å². The molecule has 72 valence electrons. The van der Waals surface area contributed by atoms with Gasteiger partial charge < -0.3 is 4.74 Å². The summed E-state index contributed by atoms with van der Waals surface area (Å²) in [5.41, 5.74) is 0. The number of aryl methyl sites for hydroxylation is 1. The van der Waals surface area contributed by atoms with E-state index < -0.39 is 0 Å². The first-order chi connectivity index (χ1) is 6.26. The fourth-order valence-corrected chi connectivity index (χ4v) is 2.08. The zero-order chi connectivity index (χ0) is 9.68. The molecule has 0 N–H and O–H groups in total. The number of carbonyl (C=O) groups is 1. The van der Waals surface area contributed by atoms with Crippen molar-refractivity contribution in [2.24, 2.45) is 0 Å². The monoisotopic (exact) mass is 218 g/mol. The predicted octanol–water partition coefficient (Wildman–Crippen LogP) is 2.59. The van der Waals surface area contributed by atoms with Gasteiger partial charge in [-0.25, -0.2) is 0 Å². The Morgan fingerprint density at radius 3 is 2.77 bits per heavy atom. The molecule has 0 bridgehead atoms. The highest BCUT2D eigenvalue weighted by atomic mass is 35.5. The van der Waals surface area contributed by atoms with Crippen LogP contribution in [0.5, 0.6) is 0 Å². The van der Waals surface area contributed by atoms with Gasteiger partial charge in [0.25, 0.3) is 0 Å². The van der Waals surface area contributed by atoms with Crippen LogP contribution in [0.4, 0.5) is 0 Å². The van der Waals surface area contributed by atoms with Crippen LogP contribution in [0.15, 0.2) is 12.1 Å². The average Bonchev–Trinajstić information content (AvgIpc) is 2.61. The standard InChI is InChI=1S/C9H11ClO2S/c1-12-9(11)5-4-7-2-3-8(6-10)13-7/h2-3H,4-6H2,1H3. The van der Waals surface area contributed by atoms with Crippen LogP contribution in [0, 0.1) is 0 Å². The van der Waals surface area contributed by atoms with Crippen LogP contribution in [0.3, 0.4) is 0 Å². The van der Waals surface area contributed by atoms with Crippen LogP contribution in [-0.2, 0) is 21.8 Å². The molecule has 1 rings (SSSR count). The summed E-state index contributed by atoms with van der Waals surface area (Å²) in [4.78, 5) is 13.1. The molecule has 0 unspecified atom stereocenters. The SMILES string of the molecule is COC(=O)CCc1ccc(CCl)s1. The predicted molar refractivity (Wildman–Crippen MR) is 54.2 cm³/mol. The number of esters is 1. The van der Waals surface area contributed by atoms with E-state index in [9.17, 15) is 4.79 Å². The summed E-state index contributed by atoms with van der Waals surface area (Å²) in [5.74, 6) is 0.379. The molecular formula is C9H11ClO2S. The average molecular weight is 219 g/mol. The van der Waals surface area contributed by atoms with Gasteiger partial charge in [0.1, 0.15) is 0 Å². The third-order valence-electron chi connectivity index (χ3n) is 1.65. The minimum Gasteiger partial charge on any atom is -0.469 e. The number of thiophene rings is 1. The lowest BCUT2D eigenvalue weighted by molar-refractivity contribution is -0.140. The normalized spacial score (nSPS) is 10.0. The first-order valence-electron chi connectivity index (χ1n) is 3.96. The van der Waals surface area contributed by atoms with E-state index in [0.29, 0.717) is 12.3 Å². The summed E-state index contributed by atoms with van der Waals surface area (Å²) in [6.07, 6.45) is 1.19. The van der Waals surface area contributed by atoms with Crippen molar-refractivity contribution in [3.05, 3.63) is 21.9 Å². The van der Waals surface area contributed by atoms with Gasteiger partial charge in [0, 0.05) is 9.75 Å². The highest BCUT2D eigenvalue weighted by Gasteiger charge is 2.03. The van der Waals surface area contributed by atoms with Crippen LogP contribution < -0.4 is 0 Å². The van der Waals surface area contributed by atoms with Crippen molar-refractivity contribution in [1.29, 1.82) is 0 Å². The van der Waals surface area contributed by atoms with Crippen LogP contribution in [0.2, 0.25) is 0 Å². The Bertz CT molecular complexity index is 283. The number of carbonyl (C=O) groups excluding carboxylic acids is 1. The third kappa shape index (κ3) is 3.36. The first kappa shape index (κ1) is 10.5. The molecule has 0 atom stereocenters. The van der Waals surface area contributed by atoms with E-state index in [2.05, 4.69) is 4.74 Å². The number of alkyl halides is 1. The minimum atomic E-state index is -0.166. The number of rotatable bonds is 4. The fourth-order valence-electron chi connectivity index (χ4n) is 0.956. The zero-order valence-corrected chi connectivity index (χ0v) is 8.95. The maximum atomic E-state index is 10.8. The summed E-state index contributed by atoms with van der Waals surface area (Å²) in [6, 6.07) is 4.00. The molecule has 0 saturated heterocycles. The Kier molecular flexibility index (Phi) is 4.25. The lowest BCUT2D eigenvalue weighted by atomic mass is 10.3. The highest BCUT2D eigenvalue weighted by molar-refractivity contribution is 7.12. The third-order valence-corrected chi connectivity index (χ3v) is 3.24. The molecule has 1 heterocycles. The van der Waals surface area contributed by atoms with Gasteiger partial charge in [0.2, 0.25) is 0 Å². The number of methoxy groups -OCH3 is 1. The molecule has 1 aromatic rings. The Morgan fingerprint density at radius 1 is 1.54 bits per heavy atom. The maximum absolute atomic E-state index is 10.8. The molecule has 2 nitrogen and oxygen atoms in total. The zero-order valence-electron chi connectivity index (χ0n) is 7.38. The molecule has 0 radical (unpaired) electrons. The second-order valence-electron chi connectivity index (χ2n) is 2.58. The summed E-state index contributed by atoms with van der Waals surface area (Å²) < 4.78 is 4.54. The van der Waals surface area contributed by atoms with Crippen molar-refractivity contribution in [3.8, 4) is 0 Å². The van der Waals surface area contributed by atoms with Crippen LogP contribution in [0.1, 0.15) is 16.2 Å². The highest BCUT2D eigenvalue weighted by Crippen LogP contribution is 2.19. The molecule has 0 spiro atoms. The van der Waals surface area contributed by atoms with Gasteiger partial charge in [-0.2, -0.15) is 0 Å². The van der Waals surface area contributed by atoms with Crippen molar-refractivity contribution in [3.63, 3.8) is 0 Å². The van der Waals surface area contributed by atoms with E-state index in [1.807, 2.05) is 12.1 Å². The van der Waals surface area contributed by atoms with E-state index in [0.717, 1.165) is 11.3 Å². The molecule has 13 heavy (non-hydrogen) atoms. The lowest BCUT2D eigenvalue weighted by Crippen LogP contribution is -2.00. The van der Waals surface area contributed by atoms with E-state index in [1.54, 1.807) is 11.3 Å². The Balaban J connectivity index is 2.41. The Morgan fingerprint density at radius 2 is 2.23 bits per heavy atom. The summed E-state index contributed by atoms with van der Waals surface area (Å²) in [5, 5.41) is 0. The van der Waals surface area contributed by atoms with Crippen LogP contribution in [-0.4, -0.2) is 13.1 Å². The molecule has 0 fully saturated rings. The molecule has 4 heteroatoms. The minimum absolute atomic E-state index is 0.166. The Hall–Kier alpha value is -0.540. The molecule has 0 aromatic carbocycles. The second kappa shape index (κ2) is 5.25. The van der Waals surface area contributed by atoms with Gasteiger partial charge in [0.05, 0.1) is 19.4 Å². The van der Waals surface area contributed by atoms with Gasteiger partial charge in [-0.05, 0) is 18.6 Å². The molecule has 0 aliphatic carbocycles. The quantitative estimate of drug-likeness (QED) is 0.574. The summed E-state index contributed by atoms with van der Waals surface area (Å²) >= 11 is 7.29.